The second-order valence-electron chi connectivity index (χ2n) is 3.29. The number of hydrogen-bond donors (Lipinski definition) is 1. The lowest BCUT2D eigenvalue weighted by Gasteiger charge is -2.02. The van der Waals surface area contributed by atoms with Crippen LogP contribution in [0.3, 0.4) is 0 Å². The van der Waals surface area contributed by atoms with Crippen LogP contribution in [0.4, 0.5) is 0 Å². The van der Waals surface area contributed by atoms with Crippen LogP contribution in [0, 0.1) is 0 Å². The Labute approximate surface area is 98.7 Å². The Morgan fingerprint density at radius 3 is 2.60 bits per heavy atom. The summed E-state index contributed by atoms with van der Waals surface area (Å²) >= 11 is 6.33. The fourth-order valence-electron chi connectivity index (χ4n) is 1.48. The SMILES string of the molecule is NC(=S)SCc1ccc2ccccc2c1. The van der Waals surface area contributed by atoms with E-state index >= 15 is 0 Å². The van der Waals surface area contributed by atoms with E-state index in [9.17, 15) is 0 Å². The first kappa shape index (κ1) is 10.5. The van der Waals surface area contributed by atoms with Gasteiger partial charge in [-0.1, -0.05) is 66.4 Å². The zero-order valence-electron chi connectivity index (χ0n) is 8.14. The number of nitrogens with two attached hydrogens (primary N) is 1. The molecule has 1 nitrogen and oxygen atoms in total. The number of fused-ring (bicyclic) bond motifs is 1. The predicted molar refractivity (Wildman–Crippen MR) is 72.0 cm³/mol. The highest BCUT2D eigenvalue weighted by molar-refractivity contribution is 8.22. The highest BCUT2D eigenvalue weighted by atomic mass is 32.2. The van der Waals surface area contributed by atoms with E-state index in [1.54, 1.807) is 0 Å². The van der Waals surface area contributed by atoms with Gasteiger partial charge in [-0.3, -0.25) is 0 Å². The Bertz CT molecular complexity index is 494. The molecule has 0 fully saturated rings. The van der Waals surface area contributed by atoms with Crippen LogP contribution in [0.1, 0.15) is 5.56 Å². The van der Waals surface area contributed by atoms with E-state index < -0.39 is 0 Å². The van der Waals surface area contributed by atoms with Crippen molar-refractivity contribution in [2.75, 3.05) is 0 Å². The van der Waals surface area contributed by atoms with Crippen LogP contribution in [-0.2, 0) is 5.75 Å². The largest absolute Gasteiger partial charge is 0.385 e. The van der Waals surface area contributed by atoms with E-state index in [-0.39, 0.29) is 0 Å². The van der Waals surface area contributed by atoms with Gasteiger partial charge in [0.15, 0.2) is 0 Å². The number of rotatable bonds is 2. The molecule has 2 N–H and O–H groups in total. The Morgan fingerprint density at radius 1 is 1.13 bits per heavy atom. The van der Waals surface area contributed by atoms with Crippen molar-refractivity contribution in [3.8, 4) is 0 Å². The van der Waals surface area contributed by atoms with E-state index in [1.807, 2.05) is 12.1 Å². The van der Waals surface area contributed by atoms with Crippen molar-refractivity contribution in [3.05, 3.63) is 48.0 Å². The molecule has 0 atom stereocenters. The molecule has 0 saturated carbocycles. The molecule has 76 valence electrons. The smallest absolute Gasteiger partial charge is 0.131 e. The summed E-state index contributed by atoms with van der Waals surface area (Å²) < 4.78 is 0.503. The maximum atomic E-state index is 5.45. The van der Waals surface area contributed by atoms with Crippen LogP contribution < -0.4 is 5.73 Å². The summed E-state index contributed by atoms with van der Waals surface area (Å²) in [6.07, 6.45) is 0. The molecule has 2 rings (SSSR count). The summed E-state index contributed by atoms with van der Waals surface area (Å²) in [6, 6.07) is 14.8. The number of benzene rings is 2. The van der Waals surface area contributed by atoms with Gasteiger partial charge >= 0.3 is 0 Å². The van der Waals surface area contributed by atoms with Gasteiger partial charge < -0.3 is 5.73 Å². The van der Waals surface area contributed by atoms with Crippen LogP contribution >= 0.6 is 24.0 Å². The number of hydrogen-bond acceptors (Lipinski definition) is 2. The molecule has 0 heterocycles. The average molecular weight is 233 g/mol. The molecule has 0 bridgehead atoms. The summed E-state index contributed by atoms with van der Waals surface area (Å²) in [5.74, 6) is 0.847. The van der Waals surface area contributed by atoms with Gasteiger partial charge in [-0.05, 0) is 16.3 Å². The summed E-state index contributed by atoms with van der Waals surface area (Å²) in [5.41, 5.74) is 6.70. The van der Waals surface area contributed by atoms with Crippen LogP contribution in [0.15, 0.2) is 42.5 Å². The maximum Gasteiger partial charge on any atom is 0.131 e. The first-order valence-corrected chi connectivity index (χ1v) is 6.05. The zero-order valence-corrected chi connectivity index (χ0v) is 9.78. The minimum Gasteiger partial charge on any atom is -0.385 e. The van der Waals surface area contributed by atoms with Crippen molar-refractivity contribution in [2.45, 2.75) is 5.75 Å². The molecule has 0 radical (unpaired) electrons. The molecule has 2 aromatic rings. The molecule has 0 amide bonds. The summed E-state index contributed by atoms with van der Waals surface area (Å²) in [5, 5.41) is 2.53. The molecule has 0 saturated heterocycles. The maximum absolute atomic E-state index is 5.45. The predicted octanol–water partition coefficient (Wildman–Crippen LogP) is 3.32. The molecule has 0 unspecified atom stereocenters. The standard InChI is InChI=1S/C12H11NS2/c13-12(14)15-8-9-5-6-10-3-1-2-4-11(10)7-9/h1-7H,8H2,(H2,13,14). The van der Waals surface area contributed by atoms with Crippen molar-refractivity contribution in [1.82, 2.24) is 0 Å². The van der Waals surface area contributed by atoms with Gasteiger partial charge in [0.1, 0.15) is 4.32 Å². The monoisotopic (exact) mass is 233 g/mol. The molecular formula is C12H11NS2. The van der Waals surface area contributed by atoms with Gasteiger partial charge in [0, 0.05) is 5.75 Å². The van der Waals surface area contributed by atoms with Crippen molar-refractivity contribution in [2.24, 2.45) is 5.73 Å². The van der Waals surface area contributed by atoms with E-state index in [0.717, 1.165) is 5.75 Å². The van der Waals surface area contributed by atoms with Gasteiger partial charge in [-0.25, -0.2) is 0 Å². The van der Waals surface area contributed by atoms with Crippen LogP contribution in [0.2, 0.25) is 0 Å². The topological polar surface area (TPSA) is 26.0 Å². The minimum atomic E-state index is 0.503. The Balaban J connectivity index is 2.26. The van der Waals surface area contributed by atoms with Gasteiger partial charge in [-0.2, -0.15) is 0 Å². The molecule has 0 aliphatic rings. The minimum absolute atomic E-state index is 0.503. The molecule has 0 aliphatic heterocycles. The summed E-state index contributed by atoms with van der Waals surface area (Å²) in [7, 11) is 0. The van der Waals surface area contributed by atoms with Gasteiger partial charge in [-0.15, -0.1) is 0 Å². The summed E-state index contributed by atoms with van der Waals surface area (Å²) in [4.78, 5) is 0. The highest BCUT2D eigenvalue weighted by Gasteiger charge is 1.97. The lowest BCUT2D eigenvalue weighted by Crippen LogP contribution is -2.01. The van der Waals surface area contributed by atoms with Crippen molar-refractivity contribution < 1.29 is 0 Å². The molecule has 15 heavy (non-hydrogen) atoms. The van der Waals surface area contributed by atoms with Crippen LogP contribution in [0.5, 0.6) is 0 Å². The third-order valence-corrected chi connectivity index (χ3v) is 3.31. The first-order chi connectivity index (χ1) is 7.25. The molecular weight excluding hydrogens is 222 g/mol. The normalized spacial score (nSPS) is 10.4. The van der Waals surface area contributed by atoms with Crippen molar-refractivity contribution >= 4 is 39.1 Å². The first-order valence-electron chi connectivity index (χ1n) is 4.65. The van der Waals surface area contributed by atoms with E-state index in [1.165, 1.54) is 28.1 Å². The average Bonchev–Trinajstić information content (AvgIpc) is 2.26. The Kier molecular flexibility index (Phi) is 3.23. The molecule has 0 spiro atoms. The Morgan fingerprint density at radius 2 is 1.87 bits per heavy atom. The quantitative estimate of drug-likeness (QED) is 0.806. The number of thiocarbonyl (C=S) groups is 1. The Hall–Kier alpha value is -1.06. The molecule has 3 heteroatoms. The van der Waals surface area contributed by atoms with E-state index in [0.29, 0.717) is 4.32 Å². The fraction of sp³-hybridized carbons (Fsp3) is 0.0833. The lowest BCUT2D eigenvalue weighted by atomic mass is 10.1. The highest BCUT2D eigenvalue weighted by Crippen LogP contribution is 2.19. The van der Waals surface area contributed by atoms with Gasteiger partial charge in [0.05, 0.1) is 0 Å². The third-order valence-electron chi connectivity index (χ3n) is 2.19. The van der Waals surface area contributed by atoms with Crippen molar-refractivity contribution in [1.29, 1.82) is 0 Å². The summed E-state index contributed by atoms with van der Waals surface area (Å²) in [6.45, 7) is 0. The molecule has 0 aliphatic carbocycles. The third kappa shape index (κ3) is 2.70. The van der Waals surface area contributed by atoms with Crippen molar-refractivity contribution in [3.63, 3.8) is 0 Å². The van der Waals surface area contributed by atoms with E-state index in [2.05, 4.69) is 30.3 Å². The lowest BCUT2D eigenvalue weighted by molar-refractivity contribution is 1.45. The zero-order chi connectivity index (χ0) is 10.7. The van der Waals surface area contributed by atoms with Crippen LogP contribution in [0.25, 0.3) is 10.8 Å². The van der Waals surface area contributed by atoms with Gasteiger partial charge in [0.2, 0.25) is 0 Å². The molecule has 2 aromatic carbocycles. The number of thioether (sulfide) groups is 1. The van der Waals surface area contributed by atoms with Crippen LogP contribution in [-0.4, -0.2) is 4.32 Å². The van der Waals surface area contributed by atoms with E-state index in [4.69, 9.17) is 18.0 Å². The second kappa shape index (κ2) is 4.64. The molecule has 0 aromatic heterocycles. The fourth-order valence-corrected chi connectivity index (χ4v) is 2.15. The second-order valence-corrected chi connectivity index (χ2v) is 5.00. The van der Waals surface area contributed by atoms with Gasteiger partial charge in [0.25, 0.3) is 0 Å².